The highest BCUT2D eigenvalue weighted by atomic mass is 16.5. The summed E-state index contributed by atoms with van der Waals surface area (Å²) >= 11 is 0. The molecule has 23 heavy (non-hydrogen) atoms. The maximum absolute atomic E-state index is 12.1. The zero-order chi connectivity index (χ0) is 17.2. The molecule has 9 heteroatoms. The van der Waals surface area contributed by atoms with E-state index in [1.807, 2.05) is 13.1 Å². The van der Waals surface area contributed by atoms with Crippen LogP contribution in [-0.4, -0.2) is 71.0 Å². The van der Waals surface area contributed by atoms with Gasteiger partial charge in [-0.1, -0.05) is 0 Å². The van der Waals surface area contributed by atoms with E-state index in [9.17, 15) is 9.90 Å². The highest BCUT2D eigenvalue weighted by molar-refractivity contribution is 5.79. The number of amides is 1. The second-order valence-corrected chi connectivity index (χ2v) is 5.37. The number of aliphatic hydroxyl groups is 1. The Labute approximate surface area is 134 Å². The number of rotatable bonds is 5. The standard InChI is InChI=1S/C13H22N4O3.CH2O2/c1-17-4-3-12(18)11(7-17)13(19)14-6-9-5-10(8-20-2)16-15-9;2-1-3/h5,11-12,18H,3-4,6-8H2,1-2H3,(H,14,19)(H,15,16);1H,(H,2,3)/t11-,12-;/m1./s1. The molecule has 1 amide bonds. The quantitative estimate of drug-likeness (QED) is 0.520. The summed E-state index contributed by atoms with van der Waals surface area (Å²) in [6.07, 6.45) is 0.0772. The smallest absolute Gasteiger partial charge is 0.290 e. The molecule has 0 aromatic carbocycles. The van der Waals surface area contributed by atoms with E-state index in [-0.39, 0.29) is 18.3 Å². The number of nitrogens with one attached hydrogen (secondary N) is 2. The van der Waals surface area contributed by atoms with Gasteiger partial charge in [0.25, 0.3) is 6.47 Å². The van der Waals surface area contributed by atoms with Crippen LogP contribution in [0.5, 0.6) is 0 Å². The predicted molar refractivity (Wildman–Crippen MR) is 81.5 cm³/mol. The van der Waals surface area contributed by atoms with E-state index < -0.39 is 6.10 Å². The Balaban J connectivity index is 0.000000816. The number of nitrogens with zero attached hydrogens (tertiary/aromatic N) is 2. The number of aliphatic hydroxyl groups excluding tert-OH is 1. The Hall–Kier alpha value is -1.97. The van der Waals surface area contributed by atoms with E-state index in [0.29, 0.717) is 26.1 Å². The molecule has 1 saturated heterocycles. The third-order valence-electron chi connectivity index (χ3n) is 3.55. The number of carboxylic acid groups (broad SMARTS) is 1. The van der Waals surface area contributed by atoms with Crippen molar-refractivity contribution in [3.05, 3.63) is 17.5 Å². The Morgan fingerprint density at radius 1 is 1.65 bits per heavy atom. The number of methoxy groups -OCH3 is 1. The van der Waals surface area contributed by atoms with E-state index in [4.69, 9.17) is 14.6 Å². The molecule has 2 atom stereocenters. The van der Waals surface area contributed by atoms with Crippen LogP contribution in [0.15, 0.2) is 6.07 Å². The van der Waals surface area contributed by atoms with Gasteiger partial charge in [-0.05, 0) is 19.5 Å². The molecular formula is C14H24N4O5. The van der Waals surface area contributed by atoms with Crippen LogP contribution in [0.3, 0.4) is 0 Å². The van der Waals surface area contributed by atoms with Crippen LogP contribution in [0.4, 0.5) is 0 Å². The van der Waals surface area contributed by atoms with Gasteiger partial charge < -0.3 is 25.2 Å². The molecule has 0 aliphatic carbocycles. The molecule has 0 spiro atoms. The number of carbonyl (C=O) groups excluding carboxylic acids is 1. The minimum atomic E-state index is -0.558. The molecule has 4 N–H and O–H groups in total. The van der Waals surface area contributed by atoms with Gasteiger partial charge in [-0.3, -0.25) is 14.7 Å². The molecule has 1 aromatic heterocycles. The Morgan fingerprint density at radius 2 is 2.35 bits per heavy atom. The Morgan fingerprint density at radius 3 is 3.00 bits per heavy atom. The average molecular weight is 328 g/mol. The summed E-state index contributed by atoms with van der Waals surface area (Å²) in [5, 5.41) is 26.5. The van der Waals surface area contributed by atoms with Crippen LogP contribution in [0.25, 0.3) is 0 Å². The van der Waals surface area contributed by atoms with Crippen LogP contribution < -0.4 is 5.32 Å². The summed E-state index contributed by atoms with van der Waals surface area (Å²) in [5.41, 5.74) is 1.62. The van der Waals surface area contributed by atoms with Crippen LogP contribution in [0, 0.1) is 5.92 Å². The lowest BCUT2D eigenvalue weighted by molar-refractivity contribution is -0.131. The predicted octanol–water partition coefficient (Wildman–Crippen LogP) is -0.814. The first-order valence-corrected chi connectivity index (χ1v) is 7.26. The number of hydrogen-bond donors (Lipinski definition) is 4. The highest BCUT2D eigenvalue weighted by Gasteiger charge is 2.31. The normalized spacial score (nSPS) is 21.2. The Bertz CT molecular complexity index is 493. The van der Waals surface area contributed by atoms with Crippen LogP contribution in [0.1, 0.15) is 17.8 Å². The van der Waals surface area contributed by atoms with Crippen molar-refractivity contribution in [3.8, 4) is 0 Å². The number of aromatic amines is 1. The van der Waals surface area contributed by atoms with Crippen LogP contribution >= 0.6 is 0 Å². The highest BCUT2D eigenvalue weighted by Crippen LogP contribution is 2.16. The number of piperidine rings is 1. The summed E-state index contributed by atoms with van der Waals surface area (Å²) in [5.74, 6) is -0.484. The van der Waals surface area contributed by atoms with Gasteiger partial charge in [0.15, 0.2) is 0 Å². The fourth-order valence-corrected chi connectivity index (χ4v) is 2.40. The fraction of sp³-hybridized carbons (Fsp3) is 0.643. The lowest BCUT2D eigenvalue weighted by atomic mass is 9.94. The summed E-state index contributed by atoms with van der Waals surface area (Å²) in [7, 11) is 3.56. The van der Waals surface area contributed by atoms with Gasteiger partial charge in [0.05, 0.1) is 36.6 Å². The first-order chi connectivity index (χ1) is 11.0. The summed E-state index contributed by atoms with van der Waals surface area (Å²) in [4.78, 5) is 22.5. The van der Waals surface area contributed by atoms with Gasteiger partial charge >= 0.3 is 0 Å². The molecule has 1 fully saturated rings. The molecule has 0 saturated carbocycles. The zero-order valence-corrected chi connectivity index (χ0v) is 13.4. The molecule has 1 aliphatic heterocycles. The van der Waals surface area contributed by atoms with E-state index in [1.54, 1.807) is 7.11 Å². The van der Waals surface area contributed by atoms with Crippen molar-refractivity contribution in [1.29, 1.82) is 0 Å². The number of aromatic nitrogens is 2. The Kier molecular flexibility index (Phi) is 8.23. The zero-order valence-electron chi connectivity index (χ0n) is 13.4. The van der Waals surface area contributed by atoms with E-state index >= 15 is 0 Å². The molecule has 130 valence electrons. The maximum atomic E-state index is 12.1. The van der Waals surface area contributed by atoms with Crippen molar-refractivity contribution in [2.45, 2.75) is 25.7 Å². The first kappa shape index (κ1) is 19.1. The second-order valence-electron chi connectivity index (χ2n) is 5.37. The molecule has 9 nitrogen and oxygen atoms in total. The fourth-order valence-electron chi connectivity index (χ4n) is 2.40. The van der Waals surface area contributed by atoms with Crippen molar-refractivity contribution in [1.82, 2.24) is 20.4 Å². The van der Waals surface area contributed by atoms with Crippen molar-refractivity contribution >= 4 is 12.4 Å². The van der Waals surface area contributed by atoms with E-state index in [1.165, 1.54) is 0 Å². The van der Waals surface area contributed by atoms with Gasteiger partial charge in [-0.2, -0.15) is 5.10 Å². The molecule has 0 bridgehead atoms. The van der Waals surface area contributed by atoms with Crippen LogP contribution in [-0.2, 0) is 27.5 Å². The van der Waals surface area contributed by atoms with Gasteiger partial charge in [0.1, 0.15) is 0 Å². The average Bonchev–Trinajstić information content (AvgIpc) is 2.96. The summed E-state index contributed by atoms with van der Waals surface area (Å²) < 4.78 is 4.98. The number of ether oxygens (including phenoxy) is 1. The minimum absolute atomic E-state index is 0.119. The lowest BCUT2D eigenvalue weighted by Crippen LogP contribution is -2.48. The molecule has 0 unspecified atom stereocenters. The summed E-state index contributed by atoms with van der Waals surface area (Å²) in [6, 6.07) is 1.85. The molecule has 0 radical (unpaired) electrons. The SMILES string of the molecule is COCc1cc(CNC(=O)[C@@H]2CN(C)CC[C@H]2O)[nH]n1.O=CO. The monoisotopic (exact) mass is 328 g/mol. The molecule has 2 heterocycles. The van der Waals surface area contributed by atoms with Gasteiger partial charge in [0, 0.05) is 20.2 Å². The molecule has 1 aromatic rings. The second kappa shape index (κ2) is 9.93. The largest absolute Gasteiger partial charge is 0.483 e. The van der Waals surface area contributed by atoms with Crippen molar-refractivity contribution in [3.63, 3.8) is 0 Å². The lowest BCUT2D eigenvalue weighted by Gasteiger charge is -2.32. The van der Waals surface area contributed by atoms with Gasteiger partial charge in [-0.15, -0.1) is 0 Å². The van der Waals surface area contributed by atoms with E-state index in [0.717, 1.165) is 17.9 Å². The van der Waals surface area contributed by atoms with Crippen molar-refractivity contribution in [2.24, 2.45) is 5.92 Å². The number of carbonyl (C=O) groups is 2. The number of hydrogen-bond acceptors (Lipinski definition) is 6. The molecular weight excluding hydrogens is 304 g/mol. The molecule has 2 rings (SSSR count). The third-order valence-corrected chi connectivity index (χ3v) is 3.55. The number of likely N-dealkylation sites (tertiary alicyclic amines) is 1. The van der Waals surface area contributed by atoms with Crippen LogP contribution in [0.2, 0.25) is 0 Å². The maximum Gasteiger partial charge on any atom is 0.290 e. The van der Waals surface area contributed by atoms with E-state index in [2.05, 4.69) is 20.4 Å². The topological polar surface area (TPSA) is 128 Å². The minimum Gasteiger partial charge on any atom is -0.483 e. The van der Waals surface area contributed by atoms with Crippen molar-refractivity contribution in [2.75, 3.05) is 27.2 Å². The molecule has 1 aliphatic rings. The number of H-pyrrole nitrogens is 1. The van der Waals surface area contributed by atoms with Gasteiger partial charge in [0.2, 0.25) is 5.91 Å². The summed E-state index contributed by atoms with van der Waals surface area (Å²) in [6.45, 7) is 1.98. The van der Waals surface area contributed by atoms with Crippen molar-refractivity contribution < 1.29 is 24.5 Å². The first-order valence-electron chi connectivity index (χ1n) is 7.26. The van der Waals surface area contributed by atoms with Gasteiger partial charge in [-0.25, -0.2) is 0 Å². The third kappa shape index (κ3) is 6.35.